The van der Waals surface area contributed by atoms with Gasteiger partial charge in [0.15, 0.2) is 0 Å². The van der Waals surface area contributed by atoms with Gasteiger partial charge in [0.1, 0.15) is 11.4 Å². The number of benzene rings is 2. The van der Waals surface area contributed by atoms with E-state index in [0.717, 1.165) is 41.8 Å². The molecule has 3 heterocycles. The van der Waals surface area contributed by atoms with Gasteiger partial charge in [-0.2, -0.15) is 0 Å². The van der Waals surface area contributed by atoms with Crippen molar-refractivity contribution in [1.82, 2.24) is 10.3 Å². The molecule has 1 N–H and O–H groups in total. The van der Waals surface area contributed by atoms with E-state index in [-0.39, 0.29) is 11.6 Å². The Labute approximate surface area is 177 Å². The molecular weight excluding hydrogens is 372 g/mol. The van der Waals surface area contributed by atoms with Gasteiger partial charge < -0.3 is 14.8 Å². The number of methoxy groups -OCH3 is 1. The summed E-state index contributed by atoms with van der Waals surface area (Å²) >= 11 is 0. The number of ether oxygens (including phenoxy) is 2. The minimum Gasteiger partial charge on any atom is -0.496 e. The molecule has 3 aromatic rings. The fourth-order valence-electron chi connectivity index (χ4n) is 4.71. The first-order valence-corrected chi connectivity index (χ1v) is 10.5. The highest BCUT2D eigenvalue weighted by atomic mass is 16.5. The summed E-state index contributed by atoms with van der Waals surface area (Å²) in [7, 11) is 1.73. The lowest BCUT2D eigenvalue weighted by Gasteiger charge is -2.40. The quantitative estimate of drug-likeness (QED) is 0.669. The molecule has 2 aliphatic rings. The van der Waals surface area contributed by atoms with Crippen molar-refractivity contribution in [1.29, 1.82) is 0 Å². The second-order valence-corrected chi connectivity index (χ2v) is 7.97. The fraction of sp³-hybridized carbons (Fsp3) is 0.269. The van der Waals surface area contributed by atoms with Crippen LogP contribution in [0.25, 0.3) is 16.7 Å². The summed E-state index contributed by atoms with van der Waals surface area (Å²) in [5, 5.41) is 3.70. The summed E-state index contributed by atoms with van der Waals surface area (Å²) in [6.07, 6.45) is 8.09. The Balaban J connectivity index is 1.55. The van der Waals surface area contributed by atoms with E-state index < -0.39 is 0 Å². The van der Waals surface area contributed by atoms with Crippen molar-refractivity contribution in [2.45, 2.75) is 24.5 Å². The number of rotatable bonds is 4. The van der Waals surface area contributed by atoms with Crippen molar-refractivity contribution in [2.24, 2.45) is 0 Å². The number of nitrogens with zero attached hydrogens (tertiary/aromatic N) is 1. The number of pyridine rings is 1. The van der Waals surface area contributed by atoms with Gasteiger partial charge in [0.05, 0.1) is 19.8 Å². The Morgan fingerprint density at radius 1 is 1.03 bits per heavy atom. The average molecular weight is 399 g/mol. The summed E-state index contributed by atoms with van der Waals surface area (Å²) in [5.41, 5.74) is 5.52. The summed E-state index contributed by atoms with van der Waals surface area (Å²) in [6.45, 7) is 1.59. The zero-order valence-electron chi connectivity index (χ0n) is 17.2. The predicted octanol–water partition coefficient (Wildman–Crippen LogP) is 5.03. The molecule has 4 heteroatoms. The number of aromatic nitrogens is 1. The first-order valence-electron chi connectivity index (χ1n) is 10.5. The van der Waals surface area contributed by atoms with E-state index in [1.165, 1.54) is 11.1 Å². The normalized spacial score (nSPS) is 23.4. The third kappa shape index (κ3) is 3.42. The van der Waals surface area contributed by atoms with Crippen molar-refractivity contribution in [2.75, 3.05) is 20.3 Å². The highest BCUT2D eigenvalue weighted by Gasteiger charge is 2.44. The highest BCUT2D eigenvalue weighted by molar-refractivity contribution is 5.78. The minimum atomic E-state index is -0.327. The third-order valence-corrected chi connectivity index (χ3v) is 6.19. The van der Waals surface area contributed by atoms with Crippen LogP contribution in [0, 0.1) is 0 Å². The fourth-order valence-corrected chi connectivity index (χ4v) is 4.71. The zero-order valence-corrected chi connectivity index (χ0v) is 17.2. The second kappa shape index (κ2) is 8.05. The Bertz CT molecular complexity index is 1050. The Morgan fingerprint density at radius 3 is 2.67 bits per heavy atom. The van der Waals surface area contributed by atoms with Gasteiger partial charge in [-0.25, -0.2) is 0 Å². The van der Waals surface area contributed by atoms with Crippen LogP contribution in [0.3, 0.4) is 0 Å². The molecular formula is C26H26N2O2. The van der Waals surface area contributed by atoms with Crippen molar-refractivity contribution in [3.05, 3.63) is 90.3 Å². The molecule has 0 bridgehead atoms. The van der Waals surface area contributed by atoms with Crippen LogP contribution in [-0.2, 0) is 4.74 Å². The van der Waals surface area contributed by atoms with Gasteiger partial charge in [0.25, 0.3) is 0 Å². The van der Waals surface area contributed by atoms with Crippen LogP contribution < -0.4 is 10.1 Å². The maximum absolute atomic E-state index is 6.54. The van der Waals surface area contributed by atoms with Crippen LogP contribution in [-0.4, -0.2) is 30.8 Å². The molecule has 0 aliphatic carbocycles. The van der Waals surface area contributed by atoms with Gasteiger partial charge in [0, 0.05) is 18.0 Å². The first kappa shape index (κ1) is 19.0. The lowest BCUT2D eigenvalue weighted by molar-refractivity contribution is -0.0255. The monoisotopic (exact) mass is 398 g/mol. The zero-order chi connectivity index (χ0) is 20.4. The van der Waals surface area contributed by atoms with Gasteiger partial charge in [-0.15, -0.1) is 0 Å². The molecule has 5 rings (SSSR count). The van der Waals surface area contributed by atoms with Crippen LogP contribution in [0.15, 0.2) is 79.1 Å². The van der Waals surface area contributed by atoms with Crippen molar-refractivity contribution in [3.63, 3.8) is 0 Å². The number of piperidine rings is 1. The van der Waals surface area contributed by atoms with Gasteiger partial charge in [0.2, 0.25) is 0 Å². The van der Waals surface area contributed by atoms with Crippen LogP contribution in [0.2, 0.25) is 0 Å². The second-order valence-electron chi connectivity index (χ2n) is 7.97. The molecule has 0 radical (unpaired) electrons. The first-order chi connectivity index (χ1) is 14.8. The summed E-state index contributed by atoms with van der Waals surface area (Å²) in [4.78, 5) is 4.14. The van der Waals surface area contributed by atoms with Crippen LogP contribution in [0.1, 0.15) is 30.0 Å². The molecule has 0 saturated carbocycles. The molecule has 152 valence electrons. The van der Waals surface area contributed by atoms with E-state index in [2.05, 4.69) is 58.8 Å². The van der Waals surface area contributed by atoms with Gasteiger partial charge in [-0.1, -0.05) is 36.4 Å². The SMILES string of the molecule is COc1ccc(-c2ccncc2)cc1C1=CC2(CCCNC2c2ccccc2)OC1. The Morgan fingerprint density at radius 2 is 1.87 bits per heavy atom. The third-order valence-electron chi connectivity index (χ3n) is 6.19. The molecule has 1 spiro atoms. The predicted molar refractivity (Wildman–Crippen MR) is 119 cm³/mol. The molecule has 30 heavy (non-hydrogen) atoms. The summed E-state index contributed by atoms with van der Waals surface area (Å²) < 4.78 is 12.3. The molecule has 0 amide bonds. The van der Waals surface area contributed by atoms with E-state index in [1.54, 1.807) is 7.11 Å². The lowest BCUT2D eigenvalue weighted by Crippen LogP contribution is -2.47. The van der Waals surface area contributed by atoms with E-state index >= 15 is 0 Å². The van der Waals surface area contributed by atoms with Crippen molar-refractivity contribution in [3.8, 4) is 16.9 Å². The smallest absolute Gasteiger partial charge is 0.126 e. The largest absolute Gasteiger partial charge is 0.496 e. The molecule has 1 fully saturated rings. The van der Waals surface area contributed by atoms with E-state index in [0.29, 0.717) is 6.61 Å². The van der Waals surface area contributed by atoms with E-state index in [1.807, 2.05) is 30.6 Å². The van der Waals surface area contributed by atoms with Gasteiger partial charge >= 0.3 is 0 Å². The molecule has 2 atom stereocenters. The molecule has 1 aromatic heterocycles. The Hall–Kier alpha value is -2.95. The molecule has 1 saturated heterocycles. The minimum absolute atomic E-state index is 0.152. The highest BCUT2D eigenvalue weighted by Crippen LogP contribution is 2.45. The lowest BCUT2D eigenvalue weighted by atomic mass is 9.81. The average Bonchev–Trinajstić information content (AvgIpc) is 3.24. The summed E-state index contributed by atoms with van der Waals surface area (Å²) in [5.74, 6) is 0.875. The van der Waals surface area contributed by atoms with Crippen molar-refractivity contribution < 1.29 is 9.47 Å². The van der Waals surface area contributed by atoms with Crippen LogP contribution in [0.5, 0.6) is 5.75 Å². The van der Waals surface area contributed by atoms with Crippen molar-refractivity contribution >= 4 is 5.57 Å². The standard InChI is InChI=1S/C26H26N2O2/c1-29-24-9-8-21(19-10-14-27-15-11-19)16-23(24)22-17-26(30-18-22)12-5-13-28-25(26)20-6-3-2-4-7-20/h2-4,6-11,14-17,25,28H,5,12-13,18H2,1H3. The van der Waals surface area contributed by atoms with Gasteiger partial charge in [-0.3, -0.25) is 4.98 Å². The topological polar surface area (TPSA) is 43.4 Å². The Kier molecular flexibility index (Phi) is 5.11. The maximum atomic E-state index is 6.54. The number of hydrogen-bond donors (Lipinski definition) is 1. The maximum Gasteiger partial charge on any atom is 0.126 e. The van der Waals surface area contributed by atoms with Gasteiger partial charge in [-0.05, 0) is 72.0 Å². The molecule has 2 aromatic carbocycles. The van der Waals surface area contributed by atoms with Crippen LogP contribution >= 0.6 is 0 Å². The molecule has 4 nitrogen and oxygen atoms in total. The summed E-state index contributed by atoms with van der Waals surface area (Å²) in [6, 6.07) is 21.2. The molecule has 2 aliphatic heterocycles. The molecule has 2 unspecified atom stereocenters. The van der Waals surface area contributed by atoms with Crippen LogP contribution in [0.4, 0.5) is 0 Å². The van der Waals surface area contributed by atoms with E-state index in [9.17, 15) is 0 Å². The number of nitrogens with one attached hydrogen (secondary N) is 1. The number of hydrogen-bond acceptors (Lipinski definition) is 4. The van der Waals surface area contributed by atoms with E-state index in [4.69, 9.17) is 9.47 Å².